The van der Waals surface area contributed by atoms with E-state index in [-0.39, 0.29) is 0 Å². The van der Waals surface area contributed by atoms with E-state index in [1.165, 1.54) is 11.1 Å². The second-order valence-electron chi connectivity index (χ2n) is 2.98. The minimum absolute atomic E-state index is 1.03. The maximum absolute atomic E-state index is 8.43. The van der Waals surface area contributed by atoms with Crippen LogP contribution in [0.4, 0.5) is 0 Å². The van der Waals surface area contributed by atoms with Crippen molar-refractivity contribution in [2.75, 3.05) is 0 Å². The summed E-state index contributed by atoms with van der Waals surface area (Å²) in [7, 11) is 0. The summed E-state index contributed by atoms with van der Waals surface area (Å²) in [4.78, 5) is 0. The molecule has 0 unspecified atom stereocenters. The van der Waals surface area contributed by atoms with Crippen LogP contribution in [-0.2, 0) is 0 Å². The van der Waals surface area contributed by atoms with Gasteiger partial charge in [-0.15, -0.1) is 0 Å². The Kier molecular flexibility index (Phi) is 5.86. The third-order valence-corrected chi connectivity index (χ3v) is 1.45. The molecule has 0 aliphatic rings. The lowest BCUT2D eigenvalue weighted by Gasteiger charge is -1.96. The molecule has 0 saturated heterocycles. The minimum atomic E-state index is 1.03. The van der Waals surface area contributed by atoms with Gasteiger partial charge in [0.1, 0.15) is 6.61 Å². The standard InChI is InChI=1S/C10H17O/c1-9(2)5-4-6-10(3)7-8-11/h5,7-8,11H,4,6H2,1-3H3/b10-7-. The van der Waals surface area contributed by atoms with Crippen LogP contribution in [0.5, 0.6) is 0 Å². The van der Waals surface area contributed by atoms with Crippen molar-refractivity contribution in [3.8, 4) is 0 Å². The summed E-state index contributed by atoms with van der Waals surface area (Å²) in [6.45, 7) is 7.30. The van der Waals surface area contributed by atoms with Crippen molar-refractivity contribution >= 4 is 0 Å². The number of hydrogen-bond acceptors (Lipinski definition) is 1. The van der Waals surface area contributed by atoms with Crippen LogP contribution >= 0.6 is 0 Å². The first kappa shape index (κ1) is 10.4. The van der Waals surface area contributed by atoms with E-state index in [0.717, 1.165) is 19.4 Å². The van der Waals surface area contributed by atoms with Crippen molar-refractivity contribution in [3.05, 3.63) is 29.9 Å². The van der Waals surface area contributed by atoms with E-state index in [1.807, 2.05) is 6.92 Å². The average molecular weight is 153 g/mol. The molecule has 0 fully saturated rings. The van der Waals surface area contributed by atoms with Gasteiger partial charge in [-0.2, -0.15) is 0 Å². The molecule has 0 amide bonds. The Morgan fingerprint density at radius 1 is 1.27 bits per heavy atom. The molecule has 0 bridgehead atoms. The first-order chi connectivity index (χ1) is 5.16. The summed E-state index contributed by atoms with van der Waals surface area (Å²) in [5, 5.41) is 8.43. The van der Waals surface area contributed by atoms with Gasteiger partial charge in [-0.3, -0.25) is 0 Å². The Bertz CT molecular complexity index is 150. The molecule has 0 aromatic carbocycles. The van der Waals surface area contributed by atoms with Crippen molar-refractivity contribution in [1.82, 2.24) is 0 Å². The van der Waals surface area contributed by atoms with Gasteiger partial charge in [0, 0.05) is 0 Å². The van der Waals surface area contributed by atoms with Crippen molar-refractivity contribution < 1.29 is 5.11 Å². The van der Waals surface area contributed by atoms with Crippen molar-refractivity contribution in [1.29, 1.82) is 0 Å². The molecule has 1 nitrogen and oxygen atoms in total. The third kappa shape index (κ3) is 7.34. The van der Waals surface area contributed by atoms with E-state index in [1.54, 1.807) is 6.08 Å². The number of allylic oxidation sites excluding steroid dienone is 3. The molecule has 0 spiro atoms. The second kappa shape index (κ2) is 6.17. The number of hydrogen-bond donors (Lipinski definition) is 1. The maximum Gasteiger partial charge on any atom is 0.102 e. The molecule has 63 valence electrons. The van der Waals surface area contributed by atoms with Gasteiger partial charge in [0.2, 0.25) is 0 Å². The summed E-state index contributed by atoms with van der Waals surface area (Å²) < 4.78 is 0. The fourth-order valence-corrected chi connectivity index (χ4v) is 0.799. The highest BCUT2D eigenvalue weighted by atomic mass is 16.2. The molecule has 0 saturated carbocycles. The molecule has 0 rings (SSSR count). The summed E-state index contributed by atoms with van der Waals surface area (Å²) in [5.41, 5.74) is 2.57. The van der Waals surface area contributed by atoms with E-state index in [9.17, 15) is 0 Å². The van der Waals surface area contributed by atoms with Crippen LogP contribution in [0.15, 0.2) is 23.3 Å². The molecular weight excluding hydrogens is 136 g/mol. The highest BCUT2D eigenvalue weighted by molar-refractivity contribution is 5.04. The average Bonchev–Trinajstić information content (AvgIpc) is 1.87. The number of aliphatic hydroxyl groups excluding tert-OH is 1. The Labute approximate surface area is 69.4 Å². The SMILES string of the molecule is CC(C)=CCC/C(C)=C\[CH]O. The quantitative estimate of drug-likeness (QED) is 0.615. The Morgan fingerprint density at radius 2 is 1.91 bits per heavy atom. The second-order valence-corrected chi connectivity index (χ2v) is 2.98. The van der Waals surface area contributed by atoms with Gasteiger partial charge in [-0.25, -0.2) is 0 Å². The van der Waals surface area contributed by atoms with Crippen LogP contribution in [0, 0.1) is 6.61 Å². The number of rotatable bonds is 4. The van der Waals surface area contributed by atoms with Crippen LogP contribution in [0.1, 0.15) is 33.6 Å². The highest BCUT2D eigenvalue weighted by Crippen LogP contribution is 2.06. The van der Waals surface area contributed by atoms with Gasteiger partial charge in [0.05, 0.1) is 0 Å². The van der Waals surface area contributed by atoms with Gasteiger partial charge < -0.3 is 5.11 Å². The minimum Gasteiger partial charge on any atom is -0.386 e. The lowest BCUT2D eigenvalue weighted by molar-refractivity contribution is 0.419. The normalized spacial score (nSPS) is 11.5. The van der Waals surface area contributed by atoms with Crippen molar-refractivity contribution in [2.45, 2.75) is 33.6 Å². The van der Waals surface area contributed by atoms with Gasteiger partial charge in [-0.1, -0.05) is 23.3 Å². The molecular formula is C10H17O. The summed E-state index contributed by atoms with van der Waals surface area (Å²) in [6, 6.07) is 0. The topological polar surface area (TPSA) is 20.2 Å². The monoisotopic (exact) mass is 153 g/mol. The zero-order valence-corrected chi connectivity index (χ0v) is 7.59. The Morgan fingerprint density at radius 3 is 2.36 bits per heavy atom. The molecule has 0 aliphatic heterocycles. The Balaban J connectivity index is 3.54. The Hall–Kier alpha value is -0.560. The molecule has 0 aromatic rings. The molecule has 0 aromatic heterocycles. The van der Waals surface area contributed by atoms with E-state index in [0.29, 0.717) is 0 Å². The molecule has 0 heterocycles. The highest BCUT2D eigenvalue weighted by Gasteiger charge is 1.86. The van der Waals surface area contributed by atoms with Crippen LogP contribution < -0.4 is 0 Å². The smallest absolute Gasteiger partial charge is 0.102 e. The van der Waals surface area contributed by atoms with Gasteiger partial charge in [0.15, 0.2) is 0 Å². The lowest BCUT2D eigenvalue weighted by atomic mass is 10.1. The van der Waals surface area contributed by atoms with E-state index >= 15 is 0 Å². The molecule has 1 radical (unpaired) electrons. The predicted molar refractivity (Wildman–Crippen MR) is 48.7 cm³/mol. The lowest BCUT2D eigenvalue weighted by Crippen LogP contribution is -1.77. The van der Waals surface area contributed by atoms with Crippen LogP contribution in [0.25, 0.3) is 0 Å². The van der Waals surface area contributed by atoms with E-state index in [2.05, 4.69) is 19.9 Å². The van der Waals surface area contributed by atoms with Crippen molar-refractivity contribution in [3.63, 3.8) is 0 Å². The zero-order valence-electron chi connectivity index (χ0n) is 7.59. The zero-order chi connectivity index (χ0) is 8.69. The summed E-state index contributed by atoms with van der Waals surface area (Å²) in [5.74, 6) is 0. The first-order valence-corrected chi connectivity index (χ1v) is 3.93. The first-order valence-electron chi connectivity index (χ1n) is 3.93. The van der Waals surface area contributed by atoms with Gasteiger partial charge in [0.25, 0.3) is 0 Å². The summed E-state index contributed by atoms with van der Waals surface area (Å²) in [6.07, 6.45) is 6.04. The third-order valence-electron chi connectivity index (χ3n) is 1.45. The van der Waals surface area contributed by atoms with Gasteiger partial charge >= 0.3 is 0 Å². The maximum atomic E-state index is 8.43. The number of aliphatic hydroxyl groups is 1. The fraction of sp³-hybridized carbons (Fsp3) is 0.500. The van der Waals surface area contributed by atoms with Crippen molar-refractivity contribution in [2.24, 2.45) is 0 Å². The van der Waals surface area contributed by atoms with Crippen LogP contribution in [0.2, 0.25) is 0 Å². The predicted octanol–water partition coefficient (Wildman–Crippen LogP) is 3.21. The van der Waals surface area contributed by atoms with E-state index in [4.69, 9.17) is 5.11 Å². The molecule has 0 atom stereocenters. The largest absolute Gasteiger partial charge is 0.386 e. The molecule has 1 N–H and O–H groups in total. The molecule has 0 aliphatic carbocycles. The molecule has 11 heavy (non-hydrogen) atoms. The van der Waals surface area contributed by atoms with Gasteiger partial charge in [-0.05, 0) is 33.6 Å². The summed E-state index contributed by atoms with van der Waals surface area (Å²) >= 11 is 0. The fourth-order valence-electron chi connectivity index (χ4n) is 0.799. The molecule has 1 heteroatoms. The van der Waals surface area contributed by atoms with Crippen LogP contribution in [0.3, 0.4) is 0 Å². The van der Waals surface area contributed by atoms with E-state index < -0.39 is 0 Å². The van der Waals surface area contributed by atoms with Crippen LogP contribution in [-0.4, -0.2) is 5.11 Å².